The number of ether oxygens (including phenoxy) is 2. The Kier molecular flexibility index (Phi) is 6.29. The fourth-order valence-electron chi connectivity index (χ4n) is 4.91. The minimum Gasteiger partial charge on any atom is -0.467 e. The Labute approximate surface area is 211 Å². The van der Waals surface area contributed by atoms with E-state index in [4.69, 9.17) is 19.6 Å². The van der Waals surface area contributed by atoms with Gasteiger partial charge in [-0.3, -0.25) is 9.79 Å². The summed E-state index contributed by atoms with van der Waals surface area (Å²) < 4.78 is 31.2. The molecule has 1 saturated carbocycles. The van der Waals surface area contributed by atoms with Gasteiger partial charge in [-0.05, 0) is 37.5 Å². The van der Waals surface area contributed by atoms with Crippen LogP contribution in [0.5, 0.6) is 5.88 Å². The third-order valence-electron chi connectivity index (χ3n) is 6.71. The van der Waals surface area contributed by atoms with Crippen LogP contribution in [0.15, 0.2) is 46.4 Å². The van der Waals surface area contributed by atoms with Crippen molar-refractivity contribution in [1.29, 1.82) is 0 Å². The van der Waals surface area contributed by atoms with Crippen LogP contribution in [0, 0.1) is 18.7 Å². The zero-order chi connectivity index (χ0) is 25.5. The number of carbonyl (C=O) groups excluding carboxylic acids is 1. The van der Waals surface area contributed by atoms with E-state index in [0.717, 1.165) is 6.42 Å². The van der Waals surface area contributed by atoms with Gasteiger partial charge in [0.2, 0.25) is 11.8 Å². The predicted octanol–water partition coefficient (Wildman–Crippen LogP) is 3.60. The molecule has 1 aromatic carbocycles. The number of halogens is 1. The topological polar surface area (TPSA) is 126 Å². The van der Waals surface area contributed by atoms with Gasteiger partial charge in [0.1, 0.15) is 17.8 Å². The van der Waals surface area contributed by atoms with Crippen molar-refractivity contribution in [1.82, 2.24) is 15.0 Å². The lowest BCUT2D eigenvalue weighted by Crippen LogP contribution is -2.38. The normalized spacial score (nSPS) is 24.7. The molecule has 3 heterocycles. The second-order valence-electron chi connectivity index (χ2n) is 9.28. The number of oxazole rings is 1. The molecular formula is C25H26FN5O4S. The lowest BCUT2D eigenvalue weighted by Gasteiger charge is -2.34. The van der Waals surface area contributed by atoms with Crippen LogP contribution in [0.4, 0.5) is 4.39 Å². The van der Waals surface area contributed by atoms with Gasteiger partial charge in [-0.25, -0.2) is 19.3 Å². The first-order chi connectivity index (χ1) is 17.2. The Morgan fingerprint density at radius 2 is 2.14 bits per heavy atom. The second kappa shape index (κ2) is 9.29. The summed E-state index contributed by atoms with van der Waals surface area (Å²) in [5, 5.41) is 0.419. The van der Waals surface area contributed by atoms with E-state index in [9.17, 15) is 4.79 Å². The monoisotopic (exact) mass is 511 g/mol. The number of aryl methyl sites for hydroxylation is 1. The SMILES string of the molecule is COC[C@]12C[C@H]1[C@@](C)(c1cc(CC(=O)c3cnc(OCc4ncco4)cn3)cc(C)c1F)N=C(N)S2. The Bertz CT molecular complexity index is 1320. The van der Waals surface area contributed by atoms with E-state index in [1.54, 1.807) is 26.2 Å². The van der Waals surface area contributed by atoms with E-state index in [1.807, 2.05) is 6.92 Å². The fourth-order valence-corrected chi connectivity index (χ4v) is 6.37. The van der Waals surface area contributed by atoms with Gasteiger partial charge in [-0.1, -0.05) is 17.8 Å². The molecule has 11 heteroatoms. The van der Waals surface area contributed by atoms with Crippen LogP contribution in [0.25, 0.3) is 0 Å². The third-order valence-corrected chi connectivity index (χ3v) is 7.98. The number of fused-ring (bicyclic) bond motifs is 1. The van der Waals surface area contributed by atoms with E-state index in [0.29, 0.717) is 34.4 Å². The molecule has 0 radical (unpaired) electrons. The lowest BCUT2D eigenvalue weighted by molar-refractivity contribution is 0.0987. The molecule has 1 fully saturated rings. The maximum atomic E-state index is 15.4. The highest BCUT2D eigenvalue weighted by atomic mass is 32.2. The Morgan fingerprint density at radius 3 is 2.83 bits per heavy atom. The van der Waals surface area contributed by atoms with E-state index in [-0.39, 0.29) is 46.9 Å². The summed E-state index contributed by atoms with van der Waals surface area (Å²) in [6.07, 6.45) is 6.57. The first-order valence-electron chi connectivity index (χ1n) is 11.4. The summed E-state index contributed by atoms with van der Waals surface area (Å²) in [5.74, 6) is 0.152. The standard InChI is InChI=1S/C25H26FN5O4S/c1-14-6-15(8-18(32)17-10-30-20(11-29-17)35-12-21-28-4-5-34-21)7-16(22(14)26)24(2)19-9-25(19,13-33-3)36-23(27)31-24/h4-7,10-11,19H,8-9,12-13H2,1-3H3,(H2,27,31)/t19-,24+,25+/m0/s1. The fraction of sp³-hybridized carbons (Fsp3) is 0.400. The molecule has 3 atom stereocenters. The first kappa shape index (κ1) is 24.4. The first-order valence-corrected chi connectivity index (χ1v) is 12.2. The number of aromatic nitrogens is 3. The van der Waals surface area contributed by atoms with Crippen LogP contribution in [-0.2, 0) is 23.3 Å². The number of rotatable bonds is 9. The van der Waals surface area contributed by atoms with E-state index < -0.39 is 5.54 Å². The molecule has 0 bridgehead atoms. The number of aliphatic imine (C=N–C) groups is 1. The molecule has 2 aromatic heterocycles. The quantitative estimate of drug-likeness (QED) is 0.429. The highest BCUT2D eigenvalue weighted by Crippen LogP contribution is 2.66. The van der Waals surface area contributed by atoms with E-state index in [1.165, 1.54) is 36.6 Å². The average Bonchev–Trinajstić information content (AvgIpc) is 3.32. The Hall–Kier alpha value is -3.31. The van der Waals surface area contributed by atoms with E-state index in [2.05, 4.69) is 19.9 Å². The van der Waals surface area contributed by atoms with Gasteiger partial charge in [-0.15, -0.1) is 0 Å². The van der Waals surface area contributed by atoms with Gasteiger partial charge in [0.25, 0.3) is 0 Å². The minimum absolute atomic E-state index is 0.0389. The van der Waals surface area contributed by atoms with Crippen LogP contribution in [0.1, 0.15) is 46.4 Å². The molecule has 0 saturated heterocycles. The number of benzene rings is 1. The molecule has 0 amide bonds. The number of nitrogens with two attached hydrogens (primary N) is 1. The number of Topliss-reactive ketones (excluding diaryl/α,β-unsaturated/α-hetero) is 1. The molecule has 3 aromatic rings. The summed E-state index contributed by atoms with van der Waals surface area (Å²) in [6, 6.07) is 3.41. The van der Waals surface area contributed by atoms with Crippen LogP contribution in [0.2, 0.25) is 0 Å². The maximum absolute atomic E-state index is 15.4. The van der Waals surface area contributed by atoms with Gasteiger partial charge in [0, 0.05) is 25.0 Å². The van der Waals surface area contributed by atoms with Crippen LogP contribution < -0.4 is 10.5 Å². The van der Waals surface area contributed by atoms with Crippen molar-refractivity contribution in [2.75, 3.05) is 13.7 Å². The number of nitrogens with zero attached hydrogens (tertiary/aromatic N) is 4. The zero-order valence-corrected chi connectivity index (χ0v) is 21.0. The molecule has 36 heavy (non-hydrogen) atoms. The van der Waals surface area contributed by atoms with Crippen LogP contribution in [0.3, 0.4) is 0 Å². The van der Waals surface area contributed by atoms with Crippen molar-refractivity contribution >= 4 is 22.7 Å². The van der Waals surface area contributed by atoms with Crippen molar-refractivity contribution in [3.05, 3.63) is 71.1 Å². The largest absolute Gasteiger partial charge is 0.467 e. The molecular weight excluding hydrogens is 485 g/mol. The average molecular weight is 512 g/mol. The highest BCUT2D eigenvalue weighted by Gasteiger charge is 2.66. The van der Waals surface area contributed by atoms with Crippen molar-refractivity contribution < 1.29 is 23.1 Å². The third kappa shape index (κ3) is 4.48. The summed E-state index contributed by atoms with van der Waals surface area (Å²) in [5.41, 5.74) is 7.08. The van der Waals surface area contributed by atoms with Crippen molar-refractivity contribution in [2.24, 2.45) is 16.6 Å². The molecule has 2 N–H and O–H groups in total. The number of hydrogen-bond donors (Lipinski definition) is 1. The summed E-state index contributed by atoms with van der Waals surface area (Å²) in [4.78, 5) is 29.9. The smallest absolute Gasteiger partial charge is 0.232 e. The van der Waals surface area contributed by atoms with Gasteiger partial charge < -0.3 is 19.6 Å². The zero-order valence-electron chi connectivity index (χ0n) is 20.2. The van der Waals surface area contributed by atoms with Gasteiger partial charge in [0.15, 0.2) is 17.6 Å². The van der Waals surface area contributed by atoms with Gasteiger partial charge in [-0.2, -0.15) is 0 Å². The van der Waals surface area contributed by atoms with E-state index >= 15 is 4.39 Å². The molecule has 9 nitrogen and oxygen atoms in total. The maximum Gasteiger partial charge on any atom is 0.232 e. The summed E-state index contributed by atoms with van der Waals surface area (Å²) in [7, 11) is 1.65. The molecule has 0 spiro atoms. The Morgan fingerprint density at radius 1 is 1.31 bits per heavy atom. The number of thioether (sulfide) groups is 1. The number of amidine groups is 1. The summed E-state index contributed by atoms with van der Waals surface area (Å²) >= 11 is 1.50. The van der Waals surface area contributed by atoms with Crippen molar-refractivity contribution in [3.63, 3.8) is 0 Å². The number of ketones is 1. The minimum atomic E-state index is -0.844. The molecule has 188 valence electrons. The summed E-state index contributed by atoms with van der Waals surface area (Å²) in [6.45, 7) is 4.22. The Balaban J connectivity index is 1.35. The molecule has 2 aliphatic rings. The number of hydrogen-bond acceptors (Lipinski definition) is 10. The van der Waals surface area contributed by atoms with Gasteiger partial charge in [0.05, 0.1) is 35.5 Å². The van der Waals surface area contributed by atoms with Gasteiger partial charge >= 0.3 is 0 Å². The number of carbonyl (C=O) groups is 1. The lowest BCUT2D eigenvalue weighted by atomic mass is 9.83. The van der Waals surface area contributed by atoms with Crippen molar-refractivity contribution in [2.45, 2.75) is 43.6 Å². The van der Waals surface area contributed by atoms with Crippen LogP contribution in [-0.4, -0.2) is 44.4 Å². The van der Waals surface area contributed by atoms with Crippen molar-refractivity contribution in [3.8, 4) is 5.88 Å². The molecule has 0 unspecified atom stereocenters. The number of methoxy groups -OCH3 is 1. The second-order valence-corrected chi connectivity index (χ2v) is 10.7. The molecule has 5 rings (SSSR count). The molecule has 1 aliphatic carbocycles. The van der Waals surface area contributed by atoms with Crippen LogP contribution >= 0.6 is 11.8 Å². The molecule has 1 aliphatic heterocycles. The predicted molar refractivity (Wildman–Crippen MR) is 131 cm³/mol. The highest BCUT2D eigenvalue weighted by molar-refractivity contribution is 8.15.